The molecule has 0 atom stereocenters. The number of para-hydroxylation sites is 1. The molecule has 0 bridgehead atoms. The van der Waals surface area contributed by atoms with Crippen LogP contribution in [0.1, 0.15) is 5.56 Å². The van der Waals surface area contributed by atoms with Crippen molar-refractivity contribution < 1.29 is 0 Å². The maximum absolute atomic E-state index is 4.77. The van der Waals surface area contributed by atoms with Crippen LogP contribution in [0.2, 0.25) is 0 Å². The number of hydrogen-bond acceptors (Lipinski definition) is 6. The summed E-state index contributed by atoms with van der Waals surface area (Å²) in [6, 6.07) is 20.2. The predicted octanol–water partition coefficient (Wildman–Crippen LogP) is 4.84. The summed E-state index contributed by atoms with van der Waals surface area (Å²) >= 11 is 1.58. The van der Waals surface area contributed by atoms with Gasteiger partial charge in [-0.25, -0.2) is 15.0 Å². The van der Waals surface area contributed by atoms with Crippen LogP contribution in [0.15, 0.2) is 72.1 Å². The molecular weight excluding hydrogens is 342 g/mol. The number of nitrogens with one attached hydrogen (secondary N) is 1. The van der Waals surface area contributed by atoms with Gasteiger partial charge in [0.15, 0.2) is 5.82 Å². The van der Waals surface area contributed by atoms with Gasteiger partial charge in [-0.05, 0) is 17.7 Å². The van der Waals surface area contributed by atoms with Crippen molar-refractivity contribution >= 4 is 54.7 Å². The van der Waals surface area contributed by atoms with E-state index < -0.39 is 0 Å². The summed E-state index contributed by atoms with van der Waals surface area (Å²) in [4.78, 5) is 14.5. The first kappa shape index (κ1) is 14.9. The molecule has 0 aliphatic carbocycles. The summed E-state index contributed by atoms with van der Waals surface area (Å²) < 4.78 is 0.954. The molecule has 0 radical (unpaired) electrons. The third-order valence-corrected chi connectivity index (χ3v) is 5.23. The summed E-state index contributed by atoms with van der Waals surface area (Å²) in [5, 5.41) is 6.46. The Kier molecular flexibility index (Phi) is 3.54. The van der Waals surface area contributed by atoms with Crippen LogP contribution >= 0.6 is 11.3 Å². The van der Waals surface area contributed by atoms with Crippen molar-refractivity contribution in [2.24, 2.45) is 5.10 Å². The van der Waals surface area contributed by atoms with E-state index in [9.17, 15) is 0 Å². The van der Waals surface area contributed by atoms with Crippen LogP contribution in [0.5, 0.6) is 0 Å². The third kappa shape index (κ3) is 2.57. The van der Waals surface area contributed by atoms with E-state index in [-0.39, 0.29) is 0 Å². The minimum Gasteiger partial charge on any atom is -0.260 e. The van der Waals surface area contributed by atoms with Gasteiger partial charge in [-0.3, -0.25) is 5.43 Å². The van der Waals surface area contributed by atoms with Crippen LogP contribution in [0.3, 0.4) is 0 Å². The summed E-state index contributed by atoms with van der Waals surface area (Å²) in [5.41, 5.74) is 5.94. The Labute approximate surface area is 153 Å². The zero-order valence-electron chi connectivity index (χ0n) is 13.6. The van der Waals surface area contributed by atoms with Gasteiger partial charge in [0.25, 0.3) is 0 Å². The van der Waals surface area contributed by atoms with Crippen molar-refractivity contribution in [2.45, 2.75) is 0 Å². The molecule has 0 saturated heterocycles. The molecular formula is C20H13N5S. The Balaban J connectivity index is 1.60. The monoisotopic (exact) mass is 355 g/mol. The molecule has 0 amide bonds. The number of pyridine rings is 1. The molecule has 26 heavy (non-hydrogen) atoms. The number of aromatic nitrogens is 3. The zero-order chi connectivity index (χ0) is 17.3. The van der Waals surface area contributed by atoms with Gasteiger partial charge >= 0.3 is 0 Å². The van der Waals surface area contributed by atoms with Crippen LogP contribution in [-0.2, 0) is 0 Å². The molecule has 0 aliphatic rings. The average Bonchev–Trinajstić information content (AvgIpc) is 3.05. The van der Waals surface area contributed by atoms with E-state index in [2.05, 4.69) is 32.6 Å². The van der Waals surface area contributed by atoms with E-state index in [1.807, 2.05) is 48.5 Å². The van der Waals surface area contributed by atoms with Crippen molar-refractivity contribution in [1.29, 1.82) is 0 Å². The Morgan fingerprint density at radius 3 is 2.73 bits per heavy atom. The first-order valence-electron chi connectivity index (χ1n) is 8.15. The summed E-state index contributed by atoms with van der Waals surface area (Å²) in [5.74, 6) is 0.689. The number of rotatable bonds is 3. The van der Waals surface area contributed by atoms with E-state index in [0.29, 0.717) is 5.82 Å². The smallest absolute Gasteiger partial charge is 0.167 e. The number of benzene rings is 2. The van der Waals surface area contributed by atoms with Gasteiger partial charge in [-0.15, -0.1) is 11.3 Å². The molecule has 5 aromatic rings. The highest BCUT2D eigenvalue weighted by atomic mass is 32.1. The largest absolute Gasteiger partial charge is 0.260 e. The SMILES string of the molecule is C(=N\Nc1ncnc2c1sc1nc3ccccc3cc12)/c1ccccc1. The molecule has 0 fully saturated rings. The van der Waals surface area contributed by atoms with Gasteiger partial charge < -0.3 is 0 Å². The second-order valence-electron chi connectivity index (χ2n) is 5.82. The lowest BCUT2D eigenvalue weighted by Crippen LogP contribution is -1.94. The molecule has 0 aliphatic heterocycles. The van der Waals surface area contributed by atoms with Gasteiger partial charge in [0.1, 0.15) is 11.2 Å². The highest BCUT2D eigenvalue weighted by Crippen LogP contribution is 2.36. The van der Waals surface area contributed by atoms with E-state index in [0.717, 1.165) is 36.9 Å². The molecule has 1 N–H and O–H groups in total. The lowest BCUT2D eigenvalue weighted by molar-refractivity contribution is 1.19. The number of hydrazone groups is 1. The molecule has 124 valence electrons. The predicted molar refractivity (Wildman–Crippen MR) is 108 cm³/mol. The standard InChI is InChI=1S/C20H13N5S/c1-2-6-13(7-3-1)11-23-25-19-18-17(21-12-22-19)15-10-14-8-4-5-9-16(14)24-20(15)26-18/h1-12H,(H,21,22,25)/b23-11+. The van der Waals surface area contributed by atoms with Gasteiger partial charge in [-0.1, -0.05) is 48.5 Å². The average molecular weight is 355 g/mol. The number of thiophene rings is 1. The second-order valence-corrected chi connectivity index (χ2v) is 6.82. The van der Waals surface area contributed by atoms with Crippen molar-refractivity contribution in [3.63, 3.8) is 0 Å². The third-order valence-electron chi connectivity index (χ3n) is 4.13. The minimum atomic E-state index is 0.689. The lowest BCUT2D eigenvalue weighted by Gasteiger charge is -2.00. The summed E-state index contributed by atoms with van der Waals surface area (Å²) in [6.45, 7) is 0. The van der Waals surface area contributed by atoms with Gasteiger partial charge in [0, 0.05) is 10.8 Å². The van der Waals surface area contributed by atoms with Crippen LogP contribution < -0.4 is 5.43 Å². The molecule has 0 spiro atoms. The summed E-state index contributed by atoms with van der Waals surface area (Å²) in [7, 11) is 0. The number of nitrogens with zero attached hydrogens (tertiary/aromatic N) is 4. The molecule has 2 aromatic carbocycles. The Hall–Kier alpha value is -3.38. The number of anilines is 1. The van der Waals surface area contributed by atoms with Crippen molar-refractivity contribution in [1.82, 2.24) is 15.0 Å². The first-order chi connectivity index (χ1) is 12.9. The molecule has 6 heteroatoms. The van der Waals surface area contributed by atoms with E-state index in [1.165, 1.54) is 0 Å². The van der Waals surface area contributed by atoms with Gasteiger partial charge in [-0.2, -0.15) is 5.10 Å². The maximum atomic E-state index is 4.77. The summed E-state index contributed by atoms with van der Waals surface area (Å²) in [6.07, 6.45) is 3.33. The molecule has 3 aromatic heterocycles. The van der Waals surface area contributed by atoms with E-state index in [4.69, 9.17) is 4.98 Å². The van der Waals surface area contributed by atoms with Crippen molar-refractivity contribution in [2.75, 3.05) is 5.43 Å². The van der Waals surface area contributed by atoms with Crippen LogP contribution in [0.25, 0.3) is 31.3 Å². The van der Waals surface area contributed by atoms with Crippen LogP contribution in [0, 0.1) is 0 Å². The highest BCUT2D eigenvalue weighted by Gasteiger charge is 2.12. The molecule has 5 rings (SSSR count). The Morgan fingerprint density at radius 2 is 1.81 bits per heavy atom. The number of fused-ring (bicyclic) bond motifs is 4. The normalized spacial score (nSPS) is 11.7. The van der Waals surface area contributed by atoms with Gasteiger partial charge in [0.2, 0.25) is 0 Å². The molecule has 0 unspecified atom stereocenters. The highest BCUT2D eigenvalue weighted by molar-refractivity contribution is 7.26. The van der Waals surface area contributed by atoms with Crippen LogP contribution in [-0.4, -0.2) is 21.2 Å². The fourth-order valence-corrected chi connectivity index (χ4v) is 3.95. The van der Waals surface area contributed by atoms with Crippen LogP contribution in [0.4, 0.5) is 5.82 Å². The fourth-order valence-electron chi connectivity index (χ4n) is 2.89. The Bertz CT molecular complexity index is 1260. The van der Waals surface area contributed by atoms with Gasteiger partial charge in [0.05, 0.1) is 21.9 Å². The lowest BCUT2D eigenvalue weighted by atomic mass is 10.2. The van der Waals surface area contributed by atoms with E-state index in [1.54, 1.807) is 23.9 Å². The quantitative estimate of drug-likeness (QED) is 0.372. The van der Waals surface area contributed by atoms with E-state index >= 15 is 0 Å². The molecule has 5 nitrogen and oxygen atoms in total. The molecule has 3 heterocycles. The fraction of sp³-hybridized carbons (Fsp3) is 0. The van der Waals surface area contributed by atoms with Crippen molar-refractivity contribution in [3.8, 4) is 0 Å². The minimum absolute atomic E-state index is 0.689. The maximum Gasteiger partial charge on any atom is 0.167 e. The number of hydrogen-bond donors (Lipinski definition) is 1. The molecule has 0 saturated carbocycles. The topological polar surface area (TPSA) is 63.1 Å². The first-order valence-corrected chi connectivity index (χ1v) is 8.97. The van der Waals surface area contributed by atoms with Crippen molar-refractivity contribution in [3.05, 3.63) is 72.6 Å². The zero-order valence-corrected chi connectivity index (χ0v) is 14.4. The second kappa shape index (κ2) is 6.16. The Morgan fingerprint density at radius 1 is 0.962 bits per heavy atom.